The van der Waals surface area contributed by atoms with Gasteiger partial charge in [-0.1, -0.05) is 0 Å². The molecule has 1 aliphatic rings. The van der Waals surface area contributed by atoms with Crippen LogP contribution in [0, 0.1) is 12.8 Å². The van der Waals surface area contributed by atoms with E-state index in [1.165, 1.54) is 4.90 Å². The minimum atomic E-state index is -0.435. The topological polar surface area (TPSA) is 76.3 Å². The third-order valence-corrected chi connectivity index (χ3v) is 3.67. The lowest BCUT2D eigenvalue weighted by molar-refractivity contribution is -0.123. The van der Waals surface area contributed by atoms with Gasteiger partial charge in [0.1, 0.15) is 5.82 Å². The molecule has 0 radical (unpaired) electrons. The van der Waals surface area contributed by atoms with Crippen LogP contribution in [0.4, 0.5) is 5.82 Å². The number of aromatic nitrogens is 1. The van der Waals surface area contributed by atoms with Gasteiger partial charge in [-0.3, -0.25) is 14.5 Å². The average Bonchev–Trinajstić information content (AvgIpc) is 2.65. The molecule has 1 aliphatic heterocycles. The Morgan fingerprint density at radius 2 is 2.35 bits per heavy atom. The molecule has 1 aromatic heterocycles. The monoisotopic (exact) mass is 297 g/mol. The highest BCUT2D eigenvalue weighted by atomic mass is 79.9. The molecule has 0 bridgehead atoms. The molecule has 1 fully saturated rings. The predicted octanol–water partition coefficient (Wildman–Crippen LogP) is 0.991. The molecule has 0 aromatic carbocycles. The van der Waals surface area contributed by atoms with E-state index >= 15 is 0 Å². The number of nitrogens with zero attached hydrogens (tertiary/aromatic N) is 2. The zero-order chi connectivity index (χ0) is 12.6. The lowest BCUT2D eigenvalue weighted by atomic mass is 10.1. The van der Waals surface area contributed by atoms with E-state index in [-0.39, 0.29) is 12.3 Å². The number of carbonyl (C=O) groups is 2. The molecule has 1 atom stereocenters. The van der Waals surface area contributed by atoms with E-state index in [1.807, 2.05) is 13.0 Å². The molecule has 2 amide bonds. The van der Waals surface area contributed by atoms with E-state index in [0.29, 0.717) is 12.4 Å². The van der Waals surface area contributed by atoms with Crippen molar-refractivity contribution in [2.45, 2.75) is 13.3 Å². The van der Waals surface area contributed by atoms with Crippen LogP contribution in [-0.4, -0.2) is 23.3 Å². The maximum atomic E-state index is 11.8. The molecule has 1 saturated heterocycles. The summed E-state index contributed by atoms with van der Waals surface area (Å²) in [6.45, 7) is 2.24. The van der Waals surface area contributed by atoms with Gasteiger partial charge in [0, 0.05) is 23.6 Å². The molecule has 90 valence electrons. The van der Waals surface area contributed by atoms with Crippen molar-refractivity contribution in [3.8, 4) is 0 Å². The number of primary amides is 1. The van der Waals surface area contributed by atoms with Crippen molar-refractivity contribution in [2.75, 3.05) is 11.4 Å². The standard InChI is InChI=1S/C11H12BrN3O2/c1-6-2-9(14-4-8(6)12)15-5-7(11(13)17)3-10(15)16/h2,4,7H,3,5H2,1H3,(H2,13,17). The van der Waals surface area contributed by atoms with E-state index in [1.54, 1.807) is 6.20 Å². The number of hydrogen-bond donors (Lipinski definition) is 1. The van der Waals surface area contributed by atoms with Crippen LogP contribution in [0.15, 0.2) is 16.7 Å². The summed E-state index contributed by atoms with van der Waals surface area (Å²) in [5.41, 5.74) is 6.20. The maximum absolute atomic E-state index is 11.8. The highest BCUT2D eigenvalue weighted by molar-refractivity contribution is 9.10. The van der Waals surface area contributed by atoms with Gasteiger partial charge in [0.15, 0.2) is 0 Å². The molecule has 1 unspecified atom stereocenters. The van der Waals surface area contributed by atoms with E-state index in [2.05, 4.69) is 20.9 Å². The normalized spacial score (nSPS) is 19.8. The smallest absolute Gasteiger partial charge is 0.229 e. The Labute approximate surface area is 107 Å². The molecular formula is C11H12BrN3O2. The van der Waals surface area contributed by atoms with Crippen LogP contribution in [0.25, 0.3) is 0 Å². The van der Waals surface area contributed by atoms with Crippen molar-refractivity contribution < 1.29 is 9.59 Å². The first-order valence-electron chi connectivity index (χ1n) is 5.21. The number of pyridine rings is 1. The summed E-state index contributed by atoms with van der Waals surface area (Å²) in [4.78, 5) is 28.5. The Hall–Kier alpha value is -1.43. The Morgan fingerprint density at radius 1 is 1.65 bits per heavy atom. The zero-order valence-corrected chi connectivity index (χ0v) is 10.9. The first kappa shape index (κ1) is 12.0. The van der Waals surface area contributed by atoms with Crippen LogP contribution >= 0.6 is 15.9 Å². The molecule has 0 aliphatic carbocycles. The third-order valence-electron chi connectivity index (χ3n) is 2.84. The highest BCUT2D eigenvalue weighted by Gasteiger charge is 2.34. The summed E-state index contributed by atoms with van der Waals surface area (Å²) in [6.07, 6.45) is 1.82. The molecule has 17 heavy (non-hydrogen) atoms. The first-order chi connectivity index (χ1) is 7.99. The van der Waals surface area contributed by atoms with Gasteiger partial charge < -0.3 is 5.73 Å². The van der Waals surface area contributed by atoms with E-state index in [0.717, 1.165) is 10.0 Å². The lowest BCUT2D eigenvalue weighted by Crippen LogP contribution is -2.29. The fraction of sp³-hybridized carbons (Fsp3) is 0.364. The highest BCUT2D eigenvalue weighted by Crippen LogP contribution is 2.26. The van der Waals surface area contributed by atoms with Crippen molar-refractivity contribution in [2.24, 2.45) is 11.7 Å². The summed E-state index contributed by atoms with van der Waals surface area (Å²) < 4.78 is 0.888. The number of halogens is 1. The van der Waals surface area contributed by atoms with E-state index in [9.17, 15) is 9.59 Å². The molecule has 5 nitrogen and oxygen atoms in total. The van der Waals surface area contributed by atoms with Crippen molar-refractivity contribution in [1.29, 1.82) is 0 Å². The molecule has 2 heterocycles. The quantitative estimate of drug-likeness (QED) is 0.884. The lowest BCUT2D eigenvalue weighted by Gasteiger charge is -2.15. The molecule has 1 aromatic rings. The van der Waals surface area contributed by atoms with Crippen LogP contribution in [0.3, 0.4) is 0 Å². The zero-order valence-electron chi connectivity index (χ0n) is 9.31. The fourth-order valence-electron chi connectivity index (χ4n) is 1.79. The summed E-state index contributed by atoms with van der Waals surface area (Å²) in [7, 11) is 0. The Balaban J connectivity index is 2.26. The first-order valence-corrected chi connectivity index (χ1v) is 6.00. The second kappa shape index (κ2) is 4.44. The molecule has 0 saturated carbocycles. The van der Waals surface area contributed by atoms with Gasteiger partial charge in [0.2, 0.25) is 11.8 Å². The van der Waals surface area contributed by atoms with E-state index in [4.69, 9.17) is 5.73 Å². The number of aryl methyl sites for hydroxylation is 1. The summed E-state index contributed by atoms with van der Waals surface area (Å²) in [5.74, 6) is -0.384. The number of amides is 2. The SMILES string of the molecule is Cc1cc(N2CC(C(N)=O)CC2=O)ncc1Br. The number of rotatable bonds is 2. The van der Waals surface area contributed by atoms with Gasteiger partial charge in [-0.05, 0) is 34.5 Å². The second-order valence-electron chi connectivity index (χ2n) is 4.10. The summed E-state index contributed by atoms with van der Waals surface area (Å²) in [6, 6.07) is 1.81. The number of nitrogens with two attached hydrogens (primary N) is 1. The van der Waals surface area contributed by atoms with Gasteiger partial charge in [-0.2, -0.15) is 0 Å². The number of hydrogen-bond acceptors (Lipinski definition) is 3. The number of anilines is 1. The maximum Gasteiger partial charge on any atom is 0.229 e. The largest absolute Gasteiger partial charge is 0.369 e. The van der Waals surface area contributed by atoms with E-state index < -0.39 is 11.8 Å². The van der Waals surface area contributed by atoms with Gasteiger partial charge in [-0.25, -0.2) is 4.98 Å². The summed E-state index contributed by atoms with van der Waals surface area (Å²) in [5, 5.41) is 0. The third kappa shape index (κ3) is 2.31. The number of carbonyl (C=O) groups excluding carboxylic acids is 2. The van der Waals surface area contributed by atoms with Crippen molar-refractivity contribution >= 4 is 33.6 Å². The van der Waals surface area contributed by atoms with Gasteiger partial charge in [-0.15, -0.1) is 0 Å². The van der Waals surface area contributed by atoms with Gasteiger partial charge >= 0.3 is 0 Å². The van der Waals surface area contributed by atoms with Gasteiger partial charge in [0.25, 0.3) is 0 Å². The Bertz CT molecular complexity index is 490. The minimum Gasteiger partial charge on any atom is -0.369 e. The van der Waals surface area contributed by atoms with Crippen LogP contribution in [-0.2, 0) is 9.59 Å². The molecular weight excluding hydrogens is 286 g/mol. The minimum absolute atomic E-state index is 0.108. The molecule has 6 heteroatoms. The Kier molecular flexibility index (Phi) is 3.15. The molecule has 2 N–H and O–H groups in total. The van der Waals surface area contributed by atoms with Crippen LogP contribution in [0.5, 0.6) is 0 Å². The fourth-order valence-corrected chi connectivity index (χ4v) is 2.01. The Morgan fingerprint density at radius 3 is 2.88 bits per heavy atom. The molecule has 2 rings (SSSR count). The van der Waals surface area contributed by atoms with Crippen molar-refractivity contribution in [1.82, 2.24) is 4.98 Å². The molecule has 0 spiro atoms. The van der Waals surface area contributed by atoms with Crippen molar-refractivity contribution in [3.05, 3.63) is 22.3 Å². The van der Waals surface area contributed by atoms with Crippen molar-refractivity contribution in [3.63, 3.8) is 0 Å². The van der Waals surface area contributed by atoms with Crippen LogP contribution in [0.1, 0.15) is 12.0 Å². The van der Waals surface area contributed by atoms with Crippen LogP contribution < -0.4 is 10.6 Å². The van der Waals surface area contributed by atoms with Gasteiger partial charge in [0.05, 0.1) is 5.92 Å². The summed E-state index contributed by atoms with van der Waals surface area (Å²) >= 11 is 3.35. The second-order valence-corrected chi connectivity index (χ2v) is 4.95. The predicted molar refractivity (Wildman–Crippen MR) is 66.3 cm³/mol. The average molecular weight is 298 g/mol. The van der Waals surface area contributed by atoms with Crippen LogP contribution in [0.2, 0.25) is 0 Å².